The fraction of sp³-hybridized carbons (Fsp3) is 0.300. The molecule has 0 atom stereocenters. The maximum Gasteiger partial charge on any atom is 0.180 e. The van der Waals surface area contributed by atoms with E-state index in [1.54, 1.807) is 0 Å². The fourth-order valence-corrected chi connectivity index (χ4v) is 1.80. The number of Topliss-reactive ketones (excluding diaryl/α,β-unsaturated/α-hetero) is 1. The van der Waals surface area contributed by atoms with E-state index >= 15 is 0 Å². The number of ether oxygens (including phenoxy) is 1. The summed E-state index contributed by atoms with van der Waals surface area (Å²) in [5, 5.41) is 0. The maximum atomic E-state index is 11.5. The van der Waals surface area contributed by atoms with Crippen LogP contribution >= 0.6 is 15.9 Å². The van der Waals surface area contributed by atoms with Crippen molar-refractivity contribution in [2.24, 2.45) is 5.73 Å². The molecular weight excluding hydrogens is 246 g/mol. The minimum absolute atomic E-state index is 0.00630. The number of ketones is 1. The molecule has 0 aliphatic rings. The summed E-state index contributed by atoms with van der Waals surface area (Å²) in [6, 6.07) is 3.71. The predicted octanol–water partition coefficient (Wildman–Crippen LogP) is 1.91. The summed E-state index contributed by atoms with van der Waals surface area (Å²) in [5.74, 6) is 0.445. The molecule has 0 aliphatic heterocycles. The molecule has 4 heteroatoms. The largest absolute Gasteiger partial charge is 0.495 e. The molecule has 1 aromatic rings. The summed E-state index contributed by atoms with van der Waals surface area (Å²) in [5.41, 5.74) is 6.76. The molecule has 0 bridgehead atoms. The number of carbonyl (C=O) groups excluding carboxylic acids is 1. The van der Waals surface area contributed by atoms with Crippen LogP contribution in [-0.4, -0.2) is 19.4 Å². The van der Waals surface area contributed by atoms with Crippen molar-refractivity contribution in [1.82, 2.24) is 0 Å². The van der Waals surface area contributed by atoms with Crippen molar-refractivity contribution in [3.63, 3.8) is 0 Å². The van der Waals surface area contributed by atoms with E-state index in [9.17, 15) is 4.79 Å². The van der Waals surface area contributed by atoms with Gasteiger partial charge in [0.2, 0.25) is 0 Å². The number of halogens is 1. The molecule has 0 unspecified atom stereocenters. The topological polar surface area (TPSA) is 52.3 Å². The molecule has 0 radical (unpaired) electrons. The molecule has 0 spiro atoms. The standard InChI is InChI=1S/C10H12BrNO2/c1-6-3-4-7(11)10(14-2)9(6)8(13)5-12/h3-4H,5,12H2,1-2H3. The molecule has 14 heavy (non-hydrogen) atoms. The molecule has 76 valence electrons. The van der Waals surface area contributed by atoms with Gasteiger partial charge in [0, 0.05) is 0 Å². The third kappa shape index (κ3) is 1.96. The zero-order chi connectivity index (χ0) is 10.7. The lowest BCUT2D eigenvalue weighted by Crippen LogP contribution is -2.16. The van der Waals surface area contributed by atoms with Gasteiger partial charge in [0.15, 0.2) is 5.78 Å². The summed E-state index contributed by atoms with van der Waals surface area (Å²) in [7, 11) is 1.53. The Hall–Kier alpha value is -0.870. The van der Waals surface area contributed by atoms with Crippen LogP contribution in [0.1, 0.15) is 15.9 Å². The lowest BCUT2D eigenvalue weighted by molar-refractivity contribution is 0.0997. The molecule has 0 heterocycles. The summed E-state index contributed by atoms with van der Waals surface area (Å²) in [6.07, 6.45) is 0. The van der Waals surface area contributed by atoms with E-state index in [0.29, 0.717) is 11.3 Å². The number of benzene rings is 1. The lowest BCUT2D eigenvalue weighted by Gasteiger charge is -2.11. The number of nitrogens with two attached hydrogens (primary N) is 1. The van der Waals surface area contributed by atoms with Crippen LogP contribution in [0.4, 0.5) is 0 Å². The van der Waals surface area contributed by atoms with E-state index < -0.39 is 0 Å². The first-order valence-corrected chi connectivity index (χ1v) is 4.97. The Morgan fingerprint density at radius 2 is 2.21 bits per heavy atom. The maximum absolute atomic E-state index is 11.5. The summed E-state index contributed by atoms with van der Waals surface area (Å²) in [4.78, 5) is 11.5. The van der Waals surface area contributed by atoms with Gasteiger partial charge >= 0.3 is 0 Å². The monoisotopic (exact) mass is 257 g/mol. The SMILES string of the molecule is COc1c(Br)ccc(C)c1C(=O)CN. The van der Waals surface area contributed by atoms with Gasteiger partial charge in [-0.3, -0.25) is 4.79 Å². The molecule has 0 fully saturated rings. The Morgan fingerprint density at radius 1 is 1.57 bits per heavy atom. The van der Waals surface area contributed by atoms with Gasteiger partial charge in [0.05, 0.1) is 23.7 Å². The average molecular weight is 258 g/mol. The van der Waals surface area contributed by atoms with Crippen molar-refractivity contribution in [1.29, 1.82) is 0 Å². The van der Waals surface area contributed by atoms with Gasteiger partial charge in [-0.1, -0.05) is 6.07 Å². The Morgan fingerprint density at radius 3 is 2.71 bits per heavy atom. The van der Waals surface area contributed by atoms with Crippen LogP contribution in [0.25, 0.3) is 0 Å². The lowest BCUT2D eigenvalue weighted by atomic mass is 10.0. The van der Waals surface area contributed by atoms with Crippen LogP contribution in [-0.2, 0) is 0 Å². The summed E-state index contributed by atoms with van der Waals surface area (Å²) >= 11 is 3.32. The van der Waals surface area contributed by atoms with Crippen molar-refractivity contribution in [3.05, 3.63) is 27.7 Å². The summed E-state index contributed by atoms with van der Waals surface area (Å²) in [6.45, 7) is 1.85. The van der Waals surface area contributed by atoms with Crippen LogP contribution < -0.4 is 10.5 Å². The third-order valence-corrected chi connectivity index (χ3v) is 2.61. The van der Waals surface area contributed by atoms with Crippen molar-refractivity contribution in [3.8, 4) is 5.75 Å². The Bertz CT molecular complexity index is 363. The second-order valence-corrected chi connectivity index (χ2v) is 3.75. The number of aryl methyl sites for hydroxylation is 1. The first-order valence-electron chi connectivity index (χ1n) is 4.18. The minimum Gasteiger partial charge on any atom is -0.495 e. The van der Waals surface area contributed by atoms with E-state index in [4.69, 9.17) is 10.5 Å². The first-order chi connectivity index (χ1) is 6.61. The van der Waals surface area contributed by atoms with Crippen LogP contribution in [0.3, 0.4) is 0 Å². The van der Waals surface area contributed by atoms with Gasteiger partial charge in [0.1, 0.15) is 5.75 Å². The van der Waals surface area contributed by atoms with Crippen molar-refractivity contribution >= 4 is 21.7 Å². The molecule has 1 rings (SSSR count). The quantitative estimate of drug-likeness (QED) is 0.842. The third-order valence-electron chi connectivity index (χ3n) is 1.99. The number of carbonyl (C=O) groups is 1. The van der Waals surface area contributed by atoms with Crippen molar-refractivity contribution < 1.29 is 9.53 Å². The number of hydrogen-bond donors (Lipinski definition) is 1. The molecule has 0 aliphatic carbocycles. The molecular formula is C10H12BrNO2. The van der Waals surface area contributed by atoms with E-state index in [0.717, 1.165) is 10.0 Å². The van der Waals surface area contributed by atoms with Gasteiger partial charge in [-0.05, 0) is 34.5 Å². The normalized spacial score (nSPS) is 10.0. The smallest absolute Gasteiger partial charge is 0.180 e. The molecule has 0 aromatic heterocycles. The molecule has 0 amide bonds. The van der Waals surface area contributed by atoms with Gasteiger partial charge in [-0.25, -0.2) is 0 Å². The molecule has 0 saturated heterocycles. The van der Waals surface area contributed by atoms with Crippen molar-refractivity contribution in [2.45, 2.75) is 6.92 Å². The number of hydrogen-bond acceptors (Lipinski definition) is 3. The van der Waals surface area contributed by atoms with Gasteiger partial charge in [-0.15, -0.1) is 0 Å². The predicted molar refractivity (Wildman–Crippen MR) is 58.8 cm³/mol. The van der Waals surface area contributed by atoms with Crippen LogP contribution in [0.2, 0.25) is 0 Å². The number of rotatable bonds is 3. The highest BCUT2D eigenvalue weighted by atomic mass is 79.9. The van der Waals surface area contributed by atoms with Crippen LogP contribution in [0, 0.1) is 6.92 Å². The van der Waals surface area contributed by atoms with Gasteiger partial charge < -0.3 is 10.5 Å². The second kappa shape index (κ2) is 4.57. The Balaban J connectivity index is 3.37. The highest BCUT2D eigenvalue weighted by Crippen LogP contribution is 2.31. The average Bonchev–Trinajstić information content (AvgIpc) is 2.19. The summed E-state index contributed by atoms with van der Waals surface area (Å²) < 4.78 is 5.92. The Labute approximate surface area is 91.4 Å². The molecule has 0 saturated carbocycles. The molecule has 2 N–H and O–H groups in total. The zero-order valence-corrected chi connectivity index (χ0v) is 9.72. The molecule has 3 nitrogen and oxygen atoms in total. The zero-order valence-electron chi connectivity index (χ0n) is 8.13. The highest BCUT2D eigenvalue weighted by Gasteiger charge is 2.16. The van der Waals surface area contributed by atoms with E-state index in [1.807, 2.05) is 19.1 Å². The van der Waals surface area contributed by atoms with Crippen LogP contribution in [0.15, 0.2) is 16.6 Å². The van der Waals surface area contributed by atoms with Gasteiger partial charge in [0.25, 0.3) is 0 Å². The van der Waals surface area contributed by atoms with Gasteiger partial charge in [-0.2, -0.15) is 0 Å². The highest BCUT2D eigenvalue weighted by molar-refractivity contribution is 9.10. The first kappa shape index (κ1) is 11.2. The van der Waals surface area contributed by atoms with E-state index in [1.165, 1.54) is 7.11 Å². The van der Waals surface area contributed by atoms with E-state index in [2.05, 4.69) is 15.9 Å². The van der Waals surface area contributed by atoms with E-state index in [-0.39, 0.29) is 12.3 Å². The number of methoxy groups -OCH3 is 1. The minimum atomic E-state index is -0.111. The van der Waals surface area contributed by atoms with Crippen molar-refractivity contribution in [2.75, 3.05) is 13.7 Å². The molecule has 1 aromatic carbocycles. The second-order valence-electron chi connectivity index (χ2n) is 2.90. The Kier molecular flexibility index (Phi) is 3.66. The fourth-order valence-electron chi connectivity index (χ4n) is 1.30. The van der Waals surface area contributed by atoms with Crippen LogP contribution in [0.5, 0.6) is 5.75 Å².